The van der Waals surface area contributed by atoms with Gasteiger partial charge >= 0.3 is 0 Å². The molecule has 0 aliphatic rings. The number of rotatable bonds is 4. The normalized spacial score (nSPS) is 11.6. The third-order valence-electron chi connectivity index (χ3n) is 2.12. The molecule has 0 amide bonds. The van der Waals surface area contributed by atoms with Gasteiger partial charge < -0.3 is 5.32 Å². The second-order valence-electron chi connectivity index (χ2n) is 3.14. The van der Waals surface area contributed by atoms with E-state index in [1.807, 2.05) is 38.4 Å². The molecule has 0 fully saturated rings. The maximum Gasteiger partial charge on any atom is 0.0419 e. The lowest BCUT2D eigenvalue weighted by Crippen LogP contribution is -2.27. The molecule has 14 heavy (non-hydrogen) atoms. The summed E-state index contributed by atoms with van der Waals surface area (Å²) >= 11 is 0. The van der Waals surface area contributed by atoms with Crippen LogP contribution in [0.15, 0.2) is 24.4 Å². The summed E-state index contributed by atoms with van der Waals surface area (Å²) in [5, 5.41) is 3.24. The van der Waals surface area contributed by atoms with Gasteiger partial charge in [-0.2, -0.15) is 0 Å². The Morgan fingerprint density at radius 3 is 2.93 bits per heavy atom. The van der Waals surface area contributed by atoms with Gasteiger partial charge in [0.25, 0.3) is 0 Å². The average molecular weight is 188 g/mol. The summed E-state index contributed by atoms with van der Waals surface area (Å²) in [4.78, 5) is 4.29. The van der Waals surface area contributed by atoms with Crippen LogP contribution in [0, 0.1) is 11.8 Å². The number of nitrogens with zero attached hydrogens (tertiary/aromatic N) is 1. The van der Waals surface area contributed by atoms with Gasteiger partial charge in [-0.1, -0.05) is 6.07 Å². The van der Waals surface area contributed by atoms with Crippen LogP contribution in [0.3, 0.4) is 0 Å². The fraction of sp³-hybridized carbons (Fsp3) is 0.417. The van der Waals surface area contributed by atoms with Crippen LogP contribution in [-0.4, -0.2) is 18.1 Å². The monoisotopic (exact) mass is 188 g/mol. The lowest BCUT2D eigenvalue weighted by Gasteiger charge is -2.11. The van der Waals surface area contributed by atoms with Gasteiger partial charge in [0.05, 0.1) is 0 Å². The third kappa shape index (κ3) is 3.59. The van der Waals surface area contributed by atoms with Crippen LogP contribution < -0.4 is 5.32 Å². The molecule has 1 unspecified atom stereocenters. The number of hydrogen-bond acceptors (Lipinski definition) is 2. The van der Waals surface area contributed by atoms with E-state index in [1.54, 1.807) is 0 Å². The highest BCUT2D eigenvalue weighted by Crippen LogP contribution is 2.01. The van der Waals surface area contributed by atoms with Crippen molar-refractivity contribution in [1.29, 1.82) is 0 Å². The SMILES string of the molecule is CC#CCC(Cc1ccccn1)NC. The minimum atomic E-state index is 0.400. The zero-order valence-corrected chi connectivity index (χ0v) is 8.75. The highest BCUT2D eigenvalue weighted by Gasteiger charge is 2.05. The zero-order chi connectivity index (χ0) is 10.2. The van der Waals surface area contributed by atoms with E-state index < -0.39 is 0 Å². The van der Waals surface area contributed by atoms with E-state index in [-0.39, 0.29) is 0 Å². The predicted molar refractivity (Wildman–Crippen MR) is 58.9 cm³/mol. The first-order chi connectivity index (χ1) is 6.86. The molecule has 1 rings (SSSR count). The molecule has 0 radical (unpaired) electrons. The minimum Gasteiger partial charge on any atom is -0.316 e. The van der Waals surface area contributed by atoms with Crippen LogP contribution in [0.4, 0.5) is 0 Å². The van der Waals surface area contributed by atoms with Gasteiger partial charge in [0, 0.05) is 30.8 Å². The van der Waals surface area contributed by atoms with Crippen molar-refractivity contribution in [3.05, 3.63) is 30.1 Å². The predicted octanol–water partition coefficient (Wildman–Crippen LogP) is 1.63. The molecule has 74 valence electrons. The Morgan fingerprint density at radius 1 is 1.50 bits per heavy atom. The highest BCUT2D eigenvalue weighted by molar-refractivity contribution is 5.07. The van der Waals surface area contributed by atoms with Crippen molar-refractivity contribution < 1.29 is 0 Å². The Hall–Kier alpha value is -1.33. The van der Waals surface area contributed by atoms with Gasteiger partial charge in [-0.3, -0.25) is 4.98 Å². The molecule has 0 spiro atoms. The van der Waals surface area contributed by atoms with E-state index in [2.05, 4.69) is 22.1 Å². The van der Waals surface area contributed by atoms with E-state index in [1.165, 1.54) is 0 Å². The molecule has 0 aliphatic heterocycles. The van der Waals surface area contributed by atoms with Gasteiger partial charge in [-0.25, -0.2) is 0 Å². The number of aromatic nitrogens is 1. The molecule has 1 aromatic heterocycles. The molecule has 1 N–H and O–H groups in total. The van der Waals surface area contributed by atoms with Crippen LogP contribution in [0.1, 0.15) is 19.0 Å². The Labute approximate surface area is 85.8 Å². The van der Waals surface area contributed by atoms with Gasteiger partial charge in [-0.15, -0.1) is 11.8 Å². The van der Waals surface area contributed by atoms with Crippen molar-refractivity contribution >= 4 is 0 Å². The smallest absolute Gasteiger partial charge is 0.0419 e. The highest BCUT2D eigenvalue weighted by atomic mass is 14.9. The van der Waals surface area contributed by atoms with Crippen molar-refractivity contribution in [2.75, 3.05) is 7.05 Å². The topological polar surface area (TPSA) is 24.9 Å². The molecule has 1 aromatic rings. The van der Waals surface area contributed by atoms with Crippen molar-refractivity contribution in [1.82, 2.24) is 10.3 Å². The maximum atomic E-state index is 4.29. The van der Waals surface area contributed by atoms with Gasteiger partial charge in [0.2, 0.25) is 0 Å². The molecule has 0 saturated carbocycles. The molecule has 0 aliphatic carbocycles. The van der Waals surface area contributed by atoms with Gasteiger partial charge in [0.15, 0.2) is 0 Å². The van der Waals surface area contributed by atoms with E-state index in [9.17, 15) is 0 Å². The molecule has 2 nitrogen and oxygen atoms in total. The Bertz CT molecular complexity index is 308. The second-order valence-corrected chi connectivity index (χ2v) is 3.14. The summed E-state index contributed by atoms with van der Waals surface area (Å²) < 4.78 is 0. The molecule has 0 saturated heterocycles. The average Bonchev–Trinajstić information content (AvgIpc) is 2.25. The van der Waals surface area contributed by atoms with Crippen LogP contribution in [0.25, 0.3) is 0 Å². The van der Waals surface area contributed by atoms with Crippen molar-refractivity contribution in [3.8, 4) is 11.8 Å². The molecule has 0 bridgehead atoms. The van der Waals surface area contributed by atoms with Crippen molar-refractivity contribution in [3.63, 3.8) is 0 Å². The van der Waals surface area contributed by atoms with Crippen LogP contribution >= 0.6 is 0 Å². The van der Waals surface area contributed by atoms with Crippen LogP contribution in [0.5, 0.6) is 0 Å². The third-order valence-corrected chi connectivity index (χ3v) is 2.12. The molecule has 1 atom stereocenters. The van der Waals surface area contributed by atoms with Crippen molar-refractivity contribution in [2.24, 2.45) is 0 Å². The Morgan fingerprint density at radius 2 is 2.36 bits per heavy atom. The summed E-state index contributed by atoms with van der Waals surface area (Å²) in [5.74, 6) is 5.99. The standard InChI is InChI=1S/C12H16N2/c1-3-4-7-11(13-2)10-12-8-5-6-9-14-12/h5-6,8-9,11,13H,7,10H2,1-2H3. The summed E-state index contributed by atoms with van der Waals surface area (Å²) in [6.07, 6.45) is 3.64. The number of likely N-dealkylation sites (N-methyl/N-ethyl adjacent to an activating group) is 1. The van der Waals surface area contributed by atoms with Gasteiger partial charge in [-0.05, 0) is 26.1 Å². The first-order valence-electron chi connectivity index (χ1n) is 4.83. The lowest BCUT2D eigenvalue weighted by molar-refractivity contribution is 0.566. The van der Waals surface area contributed by atoms with Gasteiger partial charge in [0.1, 0.15) is 0 Å². The molecule has 2 heteroatoms. The lowest BCUT2D eigenvalue weighted by atomic mass is 10.1. The number of nitrogens with one attached hydrogen (secondary N) is 1. The molecule has 0 aromatic carbocycles. The summed E-state index contributed by atoms with van der Waals surface area (Å²) in [5.41, 5.74) is 1.12. The number of hydrogen-bond donors (Lipinski definition) is 1. The van der Waals surface area contributed by atoms with Crippen molar-refractivity contribution in [2.45, 2.75) is 25.8 Å². The van der Waals surface area contributed by atoms with E-state index >= 15 is 0 Å². The van der Waals surface area contributed by atoms with Crippen LogP contribution in [0.2, 0.25) is 0 Å². The zero-order valence-electron chi connectivity index (χ0n) is 8.75. The molecular formula is C12H16N2. The minimum absolute atomic E-state index is 0.400. The molecule has 1 heterocycles. The van der Waals surface area contributed by atoms with Crippen LogP contribution in [-0.2, 0) is 6.42 Å². The maximum absolute atomic E-state index is 4.29. The quantitative estimate of drug-likeness (QED) is 0.726. The first kappa shape index (κ1) is 10.7. The Kier molecular flexibility index (Phi) is 4.74. The summed E-state index contributed by atoms with van der Waals surface area (Å²) in [6.45, 7) is 1.87. The fourth-order valence-electron chi connectivity index (χ4n) is 1.27. The number of pyridine rings is 1. The van der Waals surface area contributed by atoms with E-state index in [0.717, 1.165) is 18.5 Å². The molecular weight excluding hydrogens is 172 g/mol. The summed E-state index contributed by atoms with van der Waals surface area (Å²) in [6, 6.07) is 6.39. The largest absolute Gasteiger partial charge is 0.316 e. The fourth-order valence-corrected chi connectivity index (χ4v) is 1.27. The second kappa shape index (κ2) is 6.17. The Balaban J connectivity index is 2.51. The van der Waals surface area contributed by atoms with E-state index in [0.29, 0.717) is 6.04 Å². The first-order valence-corrected chi connectivity index (χ1v) is 4.83. The summed E-state index contributed by atoms with van der Waals surface area (Å²) in [7, 11) is 1.96. The van der Waals surface area contributed by atoms with E-state index in [4.69, 9.17) is 0 Å².